The van der Waals surface area contributed by atoms with Gasteiger partial charge in [-0.2, -0.15) is 0 Å². The number of hydrogen-bond donors (Lipinski definition) is 3. The zero-order chi connectivity index (χ0) is 34.4. The SMILES string of the molecule is CCCCCCCCOCCCC(C)[C@H]1CCC2C3C(OCCCN)CC4CC(OCCCN)CCC4(C)C3CC(OCCCN)C21C. The van der Waals surface area contributed by atoms with Gasteiger partial charge in [-0.25, -0.2) is 0 Å². The van der Waals surface area contributed by atoms with E-state index in [4.69, 9.17) is 36.1 Å². The molecule has 10 unspecified atom stereocenters. The second kappa shape index (κ2) is 20.7. The largest absolute Gasteiger partial charge is 0.381 e. The van der Waals surface area contributed by atoms with Crippen LogP contribution in [-0.4, -0.2) is 71.0 Å². The van der Waals surface area contributed by atoms with Gasteiger partial charge in [0.2, 0.25) is 0 Å². The predicted molar refractivity (Wildman–Crippen MR) is 199 cm³/mol. The third-order valence-electron chi connectivity index (χ3n) is 14.1. The Kier molecular flexibility index (Phi) is 17.4. The molecule has 0 spiro atoms. The summed E-state index contributed by atoms with van der Waals surface area (Å²) in [5.74, 6) is 3.81. The highest BCUT2D eigenvalue weighted by atomic mass is 16.5. The normalized spacial score (nSPS) is 36.8. The summed E-state index contributed by atoms with van der Waals surface area (Å²) in [7, 11) is 0. The first-order valence-electron chi connectivity index (χ1n) is 20.9. The highest BCUT2D eigenvalue weighted by molar-refractivity contribution is 5.15. The third kappa shape index (κ3) is 9.98. The number of fused-ring (bicyclic) bond motifs is 5. The fourth-order valence-electron chi connectivity index (χ4n) is 11.4. The van der Waals surface area contributed by atoms with E-state index in [-0.39, 0.29) is 11.5 Å². The molecule has 4 saturated carbocycles. The van der Waals surface area contributed by atoms with Gasteiger partial charge in [-0.15, -0.1) is 0 Å². The minimum Gasteiger partial charge on any atom is -0.381 e. The van der Waals surface area contributed by atoms with Crippen LogP contribution < -0.4 is 17.2 Å². The van der Waals surface area contributed by atoms with E-state index < -0.39 is 0 Å². The first-order chi connectivity index (χ1) is 23.3. The van der Waals surface area contributed by atoms with Crippen LogP contribution in [0.5, 0.6) is 0 Å². The summed E-state index contributed by atoms with van der Waals surface area (Å²) in [5, 5.41) is 0. The number of rotatable bonds is 24. The third-order valence-corrected chi connectivity index (χ3v) is 14.1. The maximum atomic E-state index is 7.02. The molecule has 282 valence electrons. The Balaban J connectivity index is 1.46. The number of nitrogens with two attached hydrogens (primary N) is 3. The van der Waals surface area contributed by atoms with Gasteiger partial charge >= 0.3 is 0 Å². The summed E-state index contributed by atoms with van der Waals surface area (Å²) in [6.07, 6.45) is 22.6. The van der Waals surface area contributed by atoms with Crippen LogP contribution in [0.4, 0.5) is 0 Å². The highest BCUT2D eigenvalue weighted by Crippen LogP contribution is 2.69. The fourth-order valence-corrected chi connectivity index (χ4v) is 11.4. The summed E-state index contributed by atoms with van der Waals surface area (Å²) < 4.78 is 26.5. The van der Waals surface area contributed by atoms with Crippen LogP contribution in [0.1, 0.15) is 143 Å². The molecule has 4 aliphatic rings. The maximum Gasteiger partial charge on any atom is 0.0637 e. The van der Waals surface area contributed by atoms with Gasteiger partial charge in [0, 0.05) is 38.4 Å². The molecule has 7 heteroatoms. The van der Waals surface area contributed by atoms with Gasteiger partial charge in [0.15, 0.2) is 0 Å². The smallest absolute Gasteiger partial charge is 0.0637 e. The number of unbranched alkanes of at least 4 members (excludes halogenated alkanes) is 5. The molecule has 0 saturated heterocycles. The lowest BCUT2D eigenvalue weighted by atomic mass is 9.43. The molecule has 11 atom stereocenters. The summed E-state index contributed by atoms with van der Waals surface area (Å²) in [6.45, 7) is 16.4. The van der Waals surface area contributed by atoms with Gasteiger partial charge in [-0.3, -0.25) is 0 Å². The molecule has 0 aromatic carbocycles. The maximum absolute atomic E-state index is 7.02. The van der Waals surface area contributed by atoms with Gasteiger partial charge in [0.1, 0.15) is 0 Å². The van der Waals surface area contributed by atoms with Gasteiger partial charge in [0.25, 0.3) is 0 Å². The van der Waals surface area contributed by atoms with Crippen LogP contribution in [0, 0.1) is 46.3 Å². The first kappa shape index (κ1) is 40.5. The summed E-state index contributed by atoms with van der Waals surface area (Å²) in [4.78, 5) is 0. The Hall–Kier alpha value is -0.280. The molecule has 0 aromatic heterocycles. The minimum absolute atomic E-state index is 0.162. The van der Waals surface area contributed by atoms with E-state index in [1.165, 1.54) is 77.0 Å². The molecule has 48 heavy (non-hydrogen) atoms. The molecule has 4 aliphatic carbocycles. The topological polar surface area (TPSA) is 115 Å². The number of hydrogen-bond acceptors (Lipinski definition) is 7. The Morgan fingerprint density at radius 2 is 1.33 bits per heavy atom. The van der Waals surface area contributed by atoms with Crippen molar-refractivity contribution in [3.05, 3.63) is 0 Å². The molecular weight excluding hydrogens is 598 g/mol. The second-order valence-electron chi connectivity index (χ2n) is 17.0. The van der Waals surface area contributed by atoms with E-state index in [1.54, 1.807) is 0 Å². The lowest BCUT2D eigenvalue weighted by Crippen LogP contribution is -2.63. The van der Waals surface area contributed by atoms with Crippen molar-refractivity contribution in [3.63, 3.8) is 0 Å². The molecule has 0 radical (unpaired) electrons. The monoisotopic (exact) mass is 678 g/mol. The molecule has 0 aromatic rings. The van der Waals surface area contributed by atoms with Gasteiger partial charge in [-0.1, -0.05) is 59.8 Å². The molecule has 0 aliphatic heterocycles. The van der Waals surface area contributed by atoms with Gasteiger partial charge in [-0.05, 0) is 144 Å². The van der Waals surface area contributed by atoms with Crippen molar-refractivity contribution in [3.8, 4) is 0 Å². The van der Waals surface area contributed by atoms with Crippen molar-refractivity contribution in [2.75, 3.05) is 52.7 Å². The molecule has 4 fully saturated rings. The molecule has 7 nitrogen and oxygen atoms in total. The van der Waals surface area contributed by atoms with Crippen LogP contribution in [0.25, 0.3) is 0 Å². The Morgan fingerprint density at radius 1 is 0.667 bits per heavy atom. The Bertz CT molecular complexity index is 879. The van der Waals surface area contributed by atoms with Crippen LogP contribution in [-0.2, 0) is 18.9 Å². The van der Waals surface area contributed by atoms with Gasteiger partial charge < -0.3 is 36.1 Å². The van der Waals surface area contributed by atoms with Crippen molar-refractivity contribution in [1.82, 2.24) is 0 Å². The van der Waals surface area contributed by atoms with Crippen LogP contribution in [0.2, 0.25) is 0 Å². The molecule has 6 N–H and O–H groups in total. The van der Waals surface area contributed by atoms with Crippen LogP contribution in [0.3, 0.4) is 0 Å². The Morgan fingerprint density at radius 3 is 2.06 bits per heavy atom. The zero-order valence-electron chi connectivity index (χ0n) is 31.9. The first-order valence-corrected chi connectivity index (χ1v) is 20.9. The van der Waals surface area contributed by atoms with Crippen molar-refractivity contribution in [2.45, 2.75) is 162 Å². The molecule has 4 rings (SSSR count). The zero-order valence-corrected chi connectivity index (χ0v) is 31.9. The van der Waals surface area contributed by atoms with E-state index in [0.717, 1.165) is 71.6 Å². The predicted octanol–water partition coefficient (Wildman–Crippen LogP) is 7.86. The van der Waals surface area contributed by atoms with Crippen molar-refractivity contribution in [2.24, 2.45) is 63.5 Å². The quantitative estimate of drug-likeness (QED) is 0.0891. The molecule has 0 amide bonds. The lowest BCUT2D eigenvalue weighted by Gasteiger charge is -2.65. The number of ether oxygens (including phenoxy) is 4. The Labute approximate surface area is 296 Å². The van der Waals surface area contributed by atoms with Gasteiger partial charge in [0.05, 0.1) is 18.3 Å². The van der Waals surface area contributed by atoms with Crippen molar-refractivity contribution < 1.29 is 18.9 Å². The molecule has 0 bridgehead atoms. The van der Waals surface area contributed by atoms with E-state index in [0.29, 0.717) is 72.8 Å². The summed E-state index contributed by atoms with van der Waals surface area (Å²) in [6, 6.07) is 0. The van der Waals surface area contributed by atoms with Crippen molar-refractivity contribution in [1.29, 1.82) is 0 Å². The van der Waals surface area contributed by atoms with E-state index in [1.807, 2.05) is 0 Å². The van der Waals surface area contributed by atoms with Crippen LogP contribution in [0.15, 0.2) is 0 Å². The van der Waals surface area contributed by atoms with Crippen LogP contribution >= 0.6 is 0 Å². The average molecular weight is 678 g/mol. The fraction of sp³-hybridized carbons (Fsp3) is 1.00. The van der Waals surface area contributed by atoms with Crippen molar-refractivity contribution >= 4 is 0 Å². The van der Waals surface area contributed by atoms with E-state index in [9.17, 15) is 0 Å². The highest BCUT2D eigenvalue weighted by Gasteiger charge is 2.66. The van der Waals surface area contributed by atoms with E-state index >= 15 is 0 Å². The lowest BCUT2D eigenvalue weighted by molar-refractivity contribution is -0.227. The minimum atomic E-state index is 0.162. The second-order valence-corrected chi connectivity index (χ2v) is 17.0. The molecular formula is C41H79N3O4. The summed E-state index contributed by atoms with van der Waals surface area (Å²) in [5.41, 5.74) is 18.2. The van der Waals surface area contributed by atoms with E-state index in [2.05, 4.69) is 27.7 Å². The summed E-state index contributed by atoms with van der Waals surface area (Å²) >= 11 is 0. The standard InChI is InChI=1S/C41H79N3O4/c1-5-6-7-8-9-10-23-45-24-11-15-31(2)34-16-17-35-39-36(30-38(41(34,35)4)48-27-14-22-44)40(3)19-18-33(46-25-12-20-42)28-32(40)29-37(39)47-26-13-21-43/h31-39H,5-30,42-44H2,1-4H3/t31?,32?,33?,34-,35?,36?,37?,38?,39?,40?,41?/m1/s1. The average Bonchev–Trinajstić information content (AvgIpc) is 3.44. The molecule has 0 heterocycles.